The largest absolute Gasteiger partial charge is 0.398 e. The predicted octanol–water partition coefficient (Wildman–Crippen LogP) is -1.72. The Balaban J connectivity index is 3.30. The molecule has 0 unspecified atom stereocenters. The number of nitrogens with two attached hydrogens (primary N) is 4. The van der Waals surface area contributed by atoms with Gasteiger partial charge < -0.3 is 27.8 Å². The molecule has 0 aliphatic carbocycles. The predicted molar refractivity (Wildman–Crippen MR) is 69.9 cm³/mol. The number of rotatable bonds is 6. The van der Waals surface area contributed by atoms with Gasteiger partial charge in [0.15, 0.2) is 0 Å². The van der Waals surface area contributed by atoms with E-state index in [9.17, 15) is 18.8 Å². The highest BCUT2D eigenvalue weighted by Gasteiger charge is 2.19. The fraction of sp³-hybridized carbons (Fsp3) is 0.182. The van der Waals surface area contributed by atoms with Gasteiger partial charge in [0, 0.05) is 5.69 Å². The Morgan fingerprint density at radius 1 is 1.05 bits per heavy atom. The van der Waals surface area contributed by atoms with E-state index in [1.165, 1.54) is 0 Å². The number of carbonyl (C=O) groups excluding carboxylic acids is 3. The van der Waals surface area contributed by atoms with Crippen LogP contribution in [0.4, 0.5) is 15.8 Å². The molecule has 1 aromatic carbocycles. The van der Waals surface area contributed by atoms with Crippen molar-refractivity contribution in [1.82, 2.24) is 0 Å². The van der Waals surface area contributed by atoms with Crippen molar-refractivity contribution in [3.05, 3.63) is 23.5 Å². The number of nitrogens with zero attached hydrogens (tertiary/aromatic N) is 1. The first-order valence-electron chi connectivity index (χ1n) is 5.42. The number of anilines is 2. The number of halogens is 1. The van der Waals surface area contributed by atoms with Crippen LogP contribution in [-0.2, 0) is 9.59 Å². The molecule has 0 saturated heterocycles. The van der Waals surface area contributed by atoms with Crippen LogP contribution in [0, 0.1) is 5.82 Å². The SMILES string of the molecule is NC(=O)CN(CC(N)=O)c1cc(C(N)=O)c(N)cc1F. The molecule has 0 aliphatic heterocycles. The number of hydrogen-bond donors (Lipinski definition) is 4. The van der Waals surface area contributed by atoms with Crippen LogP contribution in [0.3, 0.4) is 0 Å². The van der Waals surface area contributed by atoms with Gasteiger partial charge in [0.2, 0.25) is 11.8 Å². The molecule has 0 bridgehead atoms. The summed E-state index contributed by atoms with van der Waals surface area (Å²) in [5.74, 6) is -3.32. The minimum atomic E-state index is -0.873. The summed E-state index contributed by atoms with van der Waals surface area (Å²) >= 11 is 0. The molecule has 0 aromatic heterocycles. The molecule has 0 aliphatic rings. The van der Waals surface area contributed by atoms with Crippen molar-refractivity contribution < 1.29 is 18.8 Å². The molecule has 20 heavy (non-hydrogen) atoms. The minimum Gasteiger partial charge on any atom is -0.398 e. The monoisotopic (exact) mass is 283 g/mol. The number of hydrogen-bond acceptors (Lipinski definition) is 5. The third-order valence-corrected chi connectivity index (χ3v) is 2.42. The van der Waals surface area contributed by atoms with Crippen molar-refractivity contribution in [3.63, 3.8) is 0 Å². The average molecular weight is 283 g/mol. The van der Waals surface area contributed by atoms with E-state index in [0.717, 1.165) is 17.0 Å². The summed E-state index contributed by atoms with van der Waals surface area (Å²) in [5, 5.41) is 0. The molecule has 0 atom stereocenters. The van der Waals surface area contributed by atoms with Gasteiger partial charge in [0.1, 0.15) is 5.82 Å². The Morgan fingerprint density at radius 2 is 1.55 bits per heavy atom. The van der Waals surface area contributed by atoms with E-state index >= 15 is 0 Å². The number of carbonyl (C=O) groups is 3. The summed E-state index contributed by atoms with van der Waals surface area (Å²) in [6.45, 7) is -0.913. The minimum absolute atomic E-state index is 0.139. The van der Waals surface area contributed by atoms with Crippen LogP contribution in [0.2, 0.25) is 0 Å². The quantitative estimate of drug-likeness (QED) is 0.456. The van der Waals surface area contributed by atoms with E-state index < -0.39 is 36.6 Å². The number of primary amides is 3. The summed E-state index contributed by atoms with van der Waals surface area (Å²) in [6.07, 6.45) is 0. The van der Waals surface area contributed by atoms with Crippen molar-refractivity contribution in [2.75, 3.05) is 23.7 Å². The summed E-state index contributed by atoms with van der Waals surface area (Å²) < 4.78 is 13.9. The first-order chi connectivity index (χ1) is 9.22. The lowest BCUT2D eigenvalue weighted by atomic mass is 10.1. The van der Waals surface area contributed by atoms with Crippen LogP contribution in [-0.4, -0.2) is 30.8 Å². The highest BCUT2D eigenvalue weighted by molar-refractivity contribution is 5.99. The molecule has 0 heterocycles. The molecular weight excluding hydrogens is 269 g/mol. The zero-order valence-electron chi connectivity index (χ0n) is 10.4. The lowest BCUT2D eigenvalue weighted by molar-refractivity contribution is -0.117. The summed E-state index contributed by atoms with van der Waals surface area (Å²) in [5.41, 5.74) is 20.1. The highest BCUT2D eigenvalue weighted by Crippen LogP contribution is 2.25. The molecule has 1 aromatic rings. The average Bonchev–Trinajstić information content (AvgIpc) is 2.26. The molecule has 3 amide bonds. The zero-order chi connectivity index (χ0) is 15.4. The third kappa shape index (κ3) is 3.57. The van der Waals surface area contributed by atoms with Gasteiger partial charge >= 0.3 is 0 Å². The van der Waals surface area contributed by atoms with Crippen molar-refractivity contribution in [1.29, 1.82) is 0 Å². The van der Waals surface area contributed by atoms with E-state index in [4.69, 9.17) is 22.9 Å². The Bertz CT molecular complexity index is 559. The molecule has 8 N–H and O–H groups in total. The number of amides is 3. The second kappa shape index (κ2) is 5.87. The van der Waals surface area contributed by atoms with Crippen molar-refractivity contribution in [3.8, 4) is 0 Å². The lowest BCUT2D eigenvalue weighted by Crippen LogP contribution is -2.40. The maximum Gasteiger partial charge on any atom is 0.250 e. The Morgan fingerprint density at radius 3 is 1.95 bits per heavy atom. The first-order valence-corrected chi connectivity index (χ1v) is 5.42. The van der Waals surface area contributed by atoms with E-state index in [1.54, 1.807) is 0 Å². The second-order valence-corrected chi connectivity index (χ2v) is 4.04. The zero-order valence-corrected chi connectivity index (χ0v) is 10.4. The van der Waals surface area contributed by atoms with Crippen molar-refractivity contribution in [2.45, 2.75) is 0 Å². The van der Waals surface area contributed by atoms with Crippen LogP contribution in [0.15, 0.2) is 12.1 Å². The Hall–Kier alpha value is -2.84. The molecule has 0 radical (unpaired) electrons. The second-order valence-electron chi connectivity index (χ2n) is 4.04. The summed E-state index contributed by atoms with van der Waals surface area (Å²) in [7, 11) is 0. The normalized spacial score (nSPS) is 10.1. The Kier molecular flexibility index (Phi) is 4.46. The van der Waals surface area contributed by atoms with E-state index in [-0.39, 0.29) is 16.9 Å². The standard InChI is InChI=1S/C11H14FN5O3/c12-6-2-7(13)5(11(16)20)1-8(6)17(3-9(14)18)4-10(15)19/h1-2H,3-4,13H2,(H2,14,18)(H2,15,19)(H2,16,20). The number of nitrogen functional groups attached to an aromatic ring is 1. The smallest absolute Gasteiger partial charge is 0.250 e. The molecular formula is C11H14FN5O3. The van der Waals surface area contributed by atoms with Gasteiger partial charge in [-0.2, -0.15) is 0 Å². The molecule has 9 heteroatoms. The maximum absolute atomic E-state index is 13.9. The van der Waals surface area contributed by atoms with Gasteiger partial charge in [-0.3, -0.25) is 14.4 Å². The lowest BCUT2D eigenvalue weighted by Gasteiger charge is -2.23. The Labute approximate surface area is 113 Å². The fourth-order valence-corrected chi connectivity index (χ4v) is 1.64. The highest BCUT2D eigenvalue weighted by atomic mass is 19.1. The fourth-order valence-electron chi connectivity index (χ4n) is 1.64. The van der Waals surface area contributed by atoms with Crippen molar-refractivity contribution in [2.24, 2.45) is 17.2 Å². The van der Waals surface area contributed by atoms with Gasteiger partial charge in [-0.1, -0.05) is 0 Å². The van der Waals surface area contributed by atoms with Crippen molar-refractivity contribution >= 4 is 29.1 Å². The van der Waals surface area contributed by atoms with E-state index in [1.807, 2.05) is 0 Å². The molecule has 0 fully saturated rings. The van der Waals surface area contributed by atoms with Gasteiger partial charge in [0.25, 0.3) is 5.91 Å². The van der Waals surface area contributed by atoms with Crippen LogP contribution >= 0.6 is 0 Å². The van der Waals surface area contributed by atoms with Crippen LogP contribution in [0.5, 0.6) is 0 Å². The van der Waals surface area contributed by atoms with Crippen LogP contribution in [0.25, 0.3) is 0 Å². The van der Waals surface area contributed by atoms with E-state index in [2.05, 4.69) is 0 Å². The molecule has 108 valence electrons. The molecule has 0 spiro atoms. The molecule has 1 rings (SSSR count). The maximum atomic E-state index is 13.9. The van der Waals surface area contributed by atoms with Gasteiger partial charge in [-0.05, 0) is 12.1 Å². The van der Waals surface area contributed by atoms with Crippen LogP contribution in [0.1, 0.15) is 10.4 Å². The van der Waals surface area contributed by atoms with Crippen LogP contribution < -0.4 is 27.8 Å². The molecule has 0 saturated carbocycles. The molecule has 8 nitrogen and oxygen atoms in total. The first kappa shape index (κ1) is 15.2. The van der Waals surface area contributed by atoms with Gasteiger partial charge in [-0.15, -0.1) is 0 Å². The number of benzene rings is 1. The topological polar surface area (TPSA) is 159 Å². The summed E-state index contributed by atoms with van der Waals surface area (Å²) in [6, 6.07) is 1.91. The third-order valence-electron chi connectivity index (χ3n) is 2.42. The van der Waals surface area contributed by atoms with E-state index in [0.29, 0.717) is 0 Å². The van der Waals surface area contributed by atoms with Gasteiger partial charge in [-0.25, -0.2) is 4.39 Å². The van der Waals surface area contributed by atoms with Gasteiger partial charge in [0.05, 0.1) is 24.3 Å². The summed E-state index contributed by atoms with van der Waals surface area (Å²) in [4.78, 5) is 34.1.